The second-order valence-electron chi connectivity index (χ2n) is 9.56. The average Bonchev–Trinajstić information content (AvgIpc) is 2.92. The molecule has 2 saturated heterocycles. The number of hydrogen-bond acceptors (Lipinski definition) is 10. The number of anilines is 2. The molecule has 1 spiro atoms. The van der Waals surface area contributed by atoms with Gasteiger partial charge in [-0.25, -0.2) is 4.98 Å². The number of morpholine rings is 1. The first-order valence-electron chi connectivity index (χ1n) is 12.3. The SMILES string of the molecule is COc1cc(N)c(C(=N)c2cnc(N3CC4(COCCN4)C3)c(C#N)c2)cc1O[C@H](C)c1c(Cl)cncc1Cl. The summed E-state index contributed by atoms with van der Waals surface area (Å²) in [5.41, 5.74) is 8.41. The molecule has 12 heteroatoms. The first-order valence-corrected chi connectivity index (χ1v) is 13.0. The number of pyridine rings is 2. The average molecular weight is 568 g/mol. The molecule has 0 saturated carbocycles. The highest BCUT2D eigenvalue weighted by atomic mass is 35.5. The van der Waals surface area contributed by atoms with Crippen molar-refractivity contribution in [2.75, 3.05) is 50.6 Å². The Hall–Kier alpha value is -3.62. The van der Waals surface area contributed by atoms with Crippen LogP contribution in [0.15, 0.2) is 36.8 Å². The van der Waals surface area contributed by atoms with Gasteiger partial charge in [0.2, 0.25) is 0 Å². The lowest BCUT2D eigenvalue weighted by molar-refractivity contribution is 0.0134. The van der Waals surface area contributed by atoms with Crippen molar-refractivity contribution in [2.45, 2.75) is 18.6 Å². The molecule has 0 unspecified atom stereocenters. The largest absolute Gasteiger partial charge is 0.493 e. The first-order chi connectivity index (χ1) is 18.7. The number of aromatic nitrogens is 2. The highest BCUT2D eigenvalue weighted by Crippen LogP contribution is 2.39. The standard InChI is InChI=1S/C27H27Cl2N7O3/c1-15(24-19(28)10-33-11-20(24)29)39-23-6-18(21(31)7-22(23)37-2)25(32)17-5-16(8-30)26(34-9-17)36-12-27(13-36)14-38-4-3-35-27/h5-7,9-11,15,32,35H,3-4,12-14,31H2,1-2H3/t15-/m1/s1. The maximum atomic E-state index is 9.87. The van der Waals surface area contributed by atoms with Gasteiger partial charge >= 0.3 is 0 Å². The van der Waals surface area contributed by atoms with Crippen molar-refractivity contribution in [3.63, 3.8) is 0 Å². The van der Waals surface area contributed by atoms with Crippen molar-refractivity contribution in [2.24, 2.45) is 0 Å². The summed E-state index contributed by atoms with van der Waals surface area (Å²) in [5.74, 6) is 1.31. The van der Waals surface area contributed by atoms with Crippen molar-refractivity contribution in [1.82, 2.24) is 15.3 Å². The lowest BCUT2D eigenvalue weighted by atomic mass is 9.89. The topological polar surface area (TPSA) is 142 Å². The van der Waals surface area contributed by atoms with E-state index in [4.69, 9.17) is 48.6 Å². The van der Waals surface area contributed by atoms with E-state index in [-0.39, 0.29) is 11.3 Å². The number of ether oxygens (including phenoxy) is 3. The van der Waals surface area contributed by atoms with E-state index in [1.807, 2.05) is 4.90 Å². The normalized spacial score (nSPS) is 16.7. The fourth-order valence-corrected chi connectivity index (χ4v) is 5.60. The van der Waals surface area contributed by atoms with Crippen LogP contribution in [-0.2, 0) is 4.74 Å². The fourth-order valence-electron chi connectivity index (χ4n) is 4.93. The number of nitrogens with zero attached hydrogens (tertiary/aromatic N) is 4. The van der Waals surface area contributed by atoms with E-state index < -0.39 is 6.10 Å². The van der Waals surface area contributed by atoms with E-state index in [1.165, 1.54) is 19.5 Å². The summed E-state index contributed by atoms with van der Waals surface area (Å²) in [6, 6.07) is 7.10. The molecular weight excluding hydrogens is 541 g/mol. The maximum absolute atomic E-state index is 9.87. The predicted molar refractivity (Wildman–Crippen MR) is 149 cm³/mol. The van der Waals surface area contributed by atoms with E-state index in [2.05, 4.69) is 21.4 Å². The van der Waals surface area contributed by atoms with Gasteiger partial charge in [0.25, 0.3) is 0 Å². The molecule has 2 aliphatic heterocycles. The Balaban J connectivity index is 1.41. The number of methoxy groups -OCH3 is 1. The summed E-state index contributed by atoms with van der Waals surface area (Å²) in [6.07, 6.45) is 4.01. The van der Waals surface area contributed by atoms with Crippen molar-refractivity contribution in [3.05, 3.63) is 69.1 Å². The summed E-state index contributed by atoms with van der Waals surface area (Å²) < 4.78 is 17.3. The van der Waals surface area contributed by atoms with Gasteiger partial charge in [0.05, 0.1) is 47.2 Å². The number of nitrogens with two attached hydrogens (primary N) is 1. The van der Waals surface area contributed by atoms with E-state index in [9.17, 15) is 5.26 Å². The third-order valence-electron chi connectivity index (χ3n) is 6.89. The molecule has 0 aliphatic carbocycles. The van der Waals surface area contributed by atoms with E-state index in [0.717, 1.165) is 6.54 Å². The number of hydrogen-bond donors (Lipinski definition) is 3. The van der Waals surface area contributed by atoms with Gasteiger partial charge in [0.1, 0.15) is 18.0 Å². The van der Waals surface area contributed by atoms with Crippen LogP contribution in [0.1, 0.15) is 35.3 Å². The zero-order chi connectivity index (χ0) is 27.7. The Morgan fingerprint density at radius 2 is 1.97 bits per heavy atom. The van der Waals surface area contributed by atoms with Gasteiger partial charge in [-0.15, -0.1) is 0 Å². The van der Waals surface area contributed by atoms with Crippen LogP contribution in [0.3, 0.4) is 0 Å². The monoisotopic (exact) mass is 567 g/mol. The Morgan fingerprint density at radius 1 is 1.23 bits per heavy atom. The summed E-state index contributed by atoms with van der Waals surface area (Å²) >= 11 is 12.6. The lowest BCUT2D eigenvalue weighted by Gasteiger charge is -2.52. The second kappa shape index (κ2) is 10.9. The molecule has 2 aromatic heterocycles. The minimum atomic E-state index is -0.553. The molecule has 3 aromatic rings. The highest BCUT2D eigenvalue weighted by Gasteiger charge is 2.45. The Labute approximate surface area is 236 Å². The molecule has 39 heavy (non-hydrogen) atoms. The zero-order valence-corrected chi connectivity index (χ0v) is 22.9. The van der Waals surface area contributed by atoms with Crippen LogP contribution in [0.5, 0.6) is 11.5 Å². The number of nitriles is 1. The van der Waals surface area contributed by atoms with Crippen LogP contribution in [0.4, 0.5) is 11.5 Å². The molecule has 0 bridgehead atoms. The molecule has 1 atom stereocenters. The third-order valence-corrected chi connectivity index (χ3v) is 7.50. The number of nitrogens with one attached hydrogen (secondary N) is 2. The van der Waals surface area contributed by atoms with Crippen LogP contribution in [-0.4, -0.2) is 61.2 Å². The molecule has 4 N–H and O–H groups in total. The summed E-state index contributed by atoms with van der Waals surface area (Å²) in [7, 11) is 1.50. The molecule has 0 amide bonds. The van der Waals surface area contributed by atoms with Crippen molar-refractivity contribution < 1.29 is 14.2 Å². The quantitative estimate of drug-likeness (QED) is 0.285. The number of benzene rings is 1. The van der Waals surface area contributed by atoms with Crippen molar-refractivity contribution in [3.8, 4) is 17.6 Å². The Morgan fingerprint density at radius 3 is 2.62 bits per heavy atom. The van der Waals surface area contributed by atoms with Gasteiger partial charge in [0.15, 0.2) is 11.5 Å². The maximum Gasteiger partial charge on any atom is 0.162 e. The molecule has 2 aliphatic rings. The zero-order valence-electron chi connectivity index (χ0n) is 21.4. The molecule has 0 radical (unpaired) electrons. The molecular formula is C27H27Cl2N7O3. The first kappa shape index (κ1) is 27.0. The van der Waals surface area contributed by atoms with Gasteiger partial charge in [-0.2, -0.15) is 5.26 Å². The van der Waals surface area contributed by atoms with Gasteiger partial charge in [-0.1, -0.05) is 23.2 Å². The Bertz CT molecular complexity index is 1440. The van der Waals surface area contributed by atoms with E-state index in [1.54, 1.807) is 31.3 Å². The van der Waals surface area contributed by atoms with Crippen molar-refractivity contribution in [1.29, 1.82) is 10.7 Å². The molecule has 1 aromatic carbocycles. The Kier molecular flexibility index (Phi) is 7.51. The molecule has 4 heterocycles. The fraction of sp³-hybridized carbons (Fsp3) is 0.333. The van der Waals surface area contributed by atoms with Crippen LogP contribution in [0, 0.1) is 16.7 Å². The molecule has 10 nitrogen and oxygen atoms in total. The minimum Gasteiger partial charge on any atom is -0.493 e. The number of rotatable bonds is 7. The number of nitrogen functional groups attached to an aromatic ring is 1. The van der Waals surface area contributed by atoms with E-state index >= 15 is 0 Å². The molecule has 5 rings (SSSR count). The highest BCUT2D eigenvalue weighted by molar-refractivity contribution is 6.35. The van der Waals surface area contributed by atoms with Gasteiger partial charge in [-0.3, -0.25) is 10.4 Å². The third kappa shape index (κ3) is 5.18. The van der Waals surface area contributed by atoms with Gasteiger partial charge in [0, 0.05) is 66.7 Å². The van der Waals surface area contributed by atoms with Crippen molar-refractivity contribution >= 4 is 40.4 Å². The van der Waals surface area contributed by atoms with Gasteiger partial charge in [-0.05, 0) is 19.1 Å². The number of halogens is 2. The lowest BCUT2D eigenvalue weighted by Crippen LogP contribution is -2.74. The van der Waals surface area contributed by atoms with Gasteiger partial charge < -0.3 is 30.2 Å². The van der Waals surface area contributed by atoms with Crippen LogP contribution in [0.2, 0.25) is 10.0 Å². The second-order valence-corrected chi connectivity index (χ2v) is 10.4. The van der Waals surface area contributed by atoms with Crippen LogP contribution < -0.4 is 25.4 Å². The smallest absolute Gasteiger partial charge is 0.162 e. The molecule has 2 fully saturated rings. The van der Waals surface area contributed by atoms with Crippen LogP contribution in [0.25, 0.3) is 0 Å². The minimum absolute atomic E-state index is 0.0885. The summed E-state index contributed by atoms with van der Waals surface area (Å²) in [5, 5.41) is 23.0. The van der Waals surface area contributed by atoms with E-state index in [0.29, 0.717) is 81.6 Å². The van der Waals surface area contributed by atoms with Crippen LogP contribution >= 0.6 is 23.2 Å². The summed E-state index contributed by atoms with van der Waals surface area (Å²) in [6.45, 7) is 5.32. The predicted octanol–water partition coefficient (Wildman–Crippen LogP) is 3.98. The molecule has 202 valence electrons. The summed E-state index contributed by atoms with van der Waals surface area (Å²) in [4.78, 5) is 10.6.